The van der Waals surface area contributed by atoms with Crippen molar-refractivity contribution in [2.24, 2.45) is 0 Å². The Morgan fingerprint density at radius 1 is 0.933 bits per heavy atom. The molecule has 0 atom stereocenters. The van der Waals surface area contributed by atoms with Crippen LogP contribution >= 0.6 is 0 Å². The molecule has 3 aromatic carbocycles. The Labute approximate surface area is 257 Å². The van der Waals surface area contributed by atoms with E-state index in [-0.39, 0.29) is 50.1 Å². The van der Waals surface area contributed by atoms with Gasteiger partial charge in [0.15, 0.2) is 0 Å². The molecule has 6 rings (SSSR count). The van der Waals surface area contributed by atoms with Gasteiger partial charge in [0, 0.05) is 48.5 Å². The number of furan rings is 1. The number of nitrogens with one attached hydrogen (secondary N) is 1. The number of benzene rings is 3. The fourth-order valence-electron chi connectivity index (χ4n) is 5.28. The molecule has 0 unspecified atom stereocenters. The van der Waals surface area contributed by atoms with Crippen molar-refractivity contribution in [2.75, 3.05) is 18.8 Å². The minimum atomic E-state index is -2.73. The minimum absolute atomic E-state index is 0.0181. The van der Waals surface area contributed by atoms with Crippen molar-refractivity contribution < 1.29 is 27.2 Å². The van der Waals surface area contributed by atoms with Gasteiger partial charge in [0.05, 0.1) is 12.2 Å². The highest BCUT2D eigenvalue weighted by molar-refractivity contribution is 5.98. The lowest BCUT2D eigenvalue weighted by Crippen LogP contribution is -2.42. The highest BCUT2D eigenvalue weighted by Crippen LogP contribution is 2.36. The molecule has 1 fully saturated rings. The van der Waals surface area contributed by atoms with Crippen LogP contribution in [0.5, 0.6) is 0 Å². The summed E-state index contributed by atoms with van der Waals surface area (Å²) in [6, 6.07) is 23.9. The van der Waals surface area contributed by atoms with E-state index in [2.05, 4.69) is 10.3 Å². The summed E-state index contributed by atoms with van der Waals surface area (Å²) in [5.41, 5.74) is 10.3. The van der Waals surface area contributed by atoms with Crippen molar-refractivity contribution in [3.05, 3.63) is 114 Å². The number of amides is 2. The van der Waals surface area contributed by atoms with E-state index in [0.29, 0.717) is 28.4 Å². The molecule has 7 nitrogen and oxygen atoms in total. The number of pyridine rings is 1. The van der Waals surface area contributed by atoms with E-state index < -0.39 is 5.92 Å². The lowest BCUT2D eigenvalue weighted by atomic mass is 9.96. The molecule has 10 heteroatoms. The highest BCUT2D eigenvalue weighted by atomic mass is 19.3. The molecule has 0 spiro atoms. The number of rotatable bonds is 7. The molecule has 3 N–H and O–H groups in total. The van der Waals surface area contributed by atoms with Crippen molar-refractivity contribution >= 4 is 34.7 Å². The van der Waals surface area contributed by atoms with E-state index in [4.69, 9.17) is 10.2 Å². The van der Waals surface area contributed by atoms with Gasteiger partial charge >= 0.3 is 0 Å². The number of halogens is 3. The first-order valence-corrected chi connectivity index (χ1v) is 14.4. The first kappa shape index (κ1) is 29.7. The van der Waals surface area contributed by atoms with Crippen LogP contribution < -0.4 is 11.1 Å². The summed E-state index contributed by atoms with van der Waals surface area (Å²) >= 11 is 0. The Bertz CT molecular complexity index is 1890. The summed E-state index contributed by atoms with van der Waals surface area (Å²) in [4.78, 5) is 31.0. The number of hydrogen-bond acceptors (Lipinski definition) is 5. The molecule has 228 valence electrons. The molecule has 2 aromatic heterocycles. The molecule has 0 aliphatic carbocycles. The number of likely N-dealkylation sites (tertiary alicyclic amines) is 1. The number of carbonyl (C=O) groups excluding carboxylic acids is 2. The number of fused-ring (bicyclic) bond motifs is 1. The zero-order valence-corrected chi connectivity index (χ0v) is 24.1. The van der Waals surface area contributed by atoms with Crippen LogP contribution in [0.15, 0.2) is 95.4 Å². The van der Waals surface area contributed by atoms with E-state index in [1.165, 1.54) is 23.1 Å². The zero-order chi connectivity index (χ0) is 31.6. The van der Waals surface area contributed by atoms with E-state index in [9.17, 15) is 22.8 Å². The Hall–Kier alpha value is -5.38. The van der Waals surface area contributed by atoms with Gasteiger partial charge in [-0.05, 0) is 77.4 Å². The number of alkyl halides is 2. The molecular weight excluding hydrogens is 581 g/mol. The second kappa shape index (κ2) is 12.3. The number of nitrogens with zero attached hydrogens (tertiary/aromatic N) is 2. The second-order valence-electron chi connectivity index (χ2n) is 10.9. The van der Waals surface area contributed by atoms with Crippen molar-refractivity contribution in [2.45, 2.75) is 25.3 Å². The summed E-state index contributed by atoms with van der Waals surface area (Å²) in [6.45, 7) is 0.161. The predicted molar refractivity (Wildman–Crippen MR) is 167 cm³/mol. The molecule has 3 heterocycles. The SMILES string of the molecule is Nc1cccc(C=CC(=O)NCc2cc3cc(-c4ccc(C(=O)N5CCC(F)(F)CC5)cc4)cc(-c4ccc(F)cc4)c3o2)n1. The van der Waals surface area contributed by atoms with Crippen LogP contribution in [0.25, 0.3) is 39.3 Å². The van der Waals surface area contributed by atoms with Crippen LogP contribution in [0.4, 0.5) is 19.0 Å². The number of piperidine rings is 1. The van der Waals surface area contributed by atoms with Crippen LogP contribution in [0.3, 0.4) is 0 Å². The lowest BCUT2D eigenvalue weighted by Gasteiger charge is -2.31. The van der Waals surface area contributed by atoms with E-state index in [1.54, 1.807) is 48.5 Å². The first-order chi connectivity index (χ1) is 21.6. The quantitative estimate of drug-likeness (QED) is 0.192. The third kappa shape index (κ3) is 6.90. The van der Waals surface area contributed by atoms with Crippen LogP contribution in [-0.2, 0) is 11.3 Å². The topological polar surface area (TPSA) is 101 Å². The number of nitrogen functional groups attached to an aromatic ring is 1. The van der Waals surface area contributed by atoms with Crippen molar-refractivity contribution in [1.82, 2.24) is 15.2 Å². The Kier molecular flexibility index (Phi) is 8.12. The van der Waals surface area contributed by atoms with Gasteiger partial charge < -0.3 is 20.4 Å². The third-order valence-corrected chi connectivity index (χ3v) is 7.70. The number of nitrogens with two attached hydrogens (primary N) is 1. The van der Waals surface area contributed by atoms with Crippen molar-refractivity contribution in [1.29, 1.82) is 0 Å². The monoisotopic (exact) mass is 610 g/mol. The molecule has 5 aromatic rings. The maximum absolute atomic E-state index is 13.8. The first-order valence-electron chi connectivity index (χ1n) is 14.4. The third-order valence-electron chi connectivity index (χ3n) is 7.70. The number of aromatic nitrogens is 1. The van der Waals surface area contributed by atoms with Crippen LogP contribution in [-0.4, -0.2) is 40.7 Å². The van der Waals surface area contributed by atoms with Gasteiger partial charge in [-0.2, -0.15) is 0 Å². The van der Waals surface area contributed by atoms with Crippen LogP contribution in [0.1, 0.15) is 34.7 Å². The largest absolute Gasteiger partial charge is 0.459 e. The maximum atomic E-state index is 13.8. The van der Waals surface area contributed by atoms with Gasteiger partial charge in [-0.3, -0.25) is 9.59 Å². The average molecular weight is 611 g/mol. The van der Waals surface area contributed by atoms with E-state index >= 15 is 0 Å². The molecule has 45 heavy (non-hydrogen) atoms. The van der Waals surface area contributed by atoms with E-state index in [0.717, 1.165) is 27.6 Å². The molecule has 0 bridgehead atoms. The van der Waals surface area contributed by atoms with Gasteiger partial charge in [0.2, 0.25) is 5.91 Å². The smallest absolute Gasteiger partial charge is 0.253 e. The molecular formula is C35H29F3N4O3. The maximum Gasteiger partial charge on any atom is 0.253 e. The van der Waals surface area contributed by atoms with Gasteiger partial charge in [-0.1, -0.05) is 30.3 Å². The van der Waals surface area contributed by atoms with Crippen LogP contribution in [0, 0.1) is 5.82 Å². The Balaban J connectivity index is 1.25. The molecule has 2 amide bonds. The molecule has 1 aliphatic heterocycles. The molecule has 1 saturated heterocycles. The minimum Gasteiger partial charge on any atom is -0.459 e. The lowest BCUT2D eigenvalue weighted by molar-refractivity contribution is -0.116. The normalized spacial score (nSPS) is 14.6. The van der Waals surface area contributed by atoms with Gasteiger partial charge in [0.1, 0.15) is 23.0 Å². The van der Waals surface area contributed by atoms with Crippen molar-refractivity contribution in [3.8, 4) is 22.3 Å². The number of carbonyl (C=O) groups is 2. The number of hydrogen-bond donors (Lipinski definition) is 2. The Morgan fingerprint density at radius 3 is 2.36 bits per heavy atom. The molecule has 0 radical (unpaired) electrons. The summed E-state index contributed by atoms with van der Waals surface area (Å²) < 4.78 is 47.1. The summed E-state index contributed by atoms with van der Waals surface area (Å²) in [7, 11) is 0. The number of anilines is 1. The Morgan fingerprint density at radius 2 is 1.64 bits per heavy atom. The van der Waals surface area contributed by atoms with E-state index in [1.807, 2.05) is 30.3 Å². The summed E-state index contributed by atoms with van der Waals surface area (Å²) in [5.74, 6) is -2.84. The predicted octanol–water partition coefficient (Wildman–Crippen LogP) is 7.08. The molecule has 1 aliphatic rings. The molecule has 0 saturated carbocycles. The second-order valence-corrected chi connectivity index (χ2v) is 10.9. The fraction of sp³-hybridized carbons (Fsp3) is 0.171. The van der Waals surface area contributed by atoms with Crippen molar-refractivity contribution in [3.63, 3.8) is 0 Å². The van der Waals surface area contributed by atoms with Gasteiger partial charge in [-0.15, -0.1) is 0 Å². The summed E-state index contributed by atoms with van der Waals surface area (Å²) in [5, 5.41) is 3.57. The average Bonchev–Trinajstić information content (AvgIpc) is 3.46. The van der Waals surface area contributed by atoms with Gasteiger partial charge in [0.25, 0.3) is 11.8 Å². The van der Waals surface area contributed by atoms with Gasteiger partial charge in [-0.25, -0.2) is 18.2 Å². The zero-order valence-electron chi connectivity index (χ0n) is 24.1. The van der Waals surface area contributed by atoms with Crippen LogP contribution in [0.2, 0.25) is 0 Å². The summed E-state index contributed by atoms with van der Waals surface area (Å²) in [6.07, 6.45) is 2.25. The highest BCUT2D eigenvalue weighted by Gasteiger charge is 2.35. The fourth-order valence-corrected chi connectivity index (χ4v) is 5.28. The standard InChI is InChI=1S/C35H29F3N4O3/c36-27-10-8-23(9-11-27)30-20-25(22-4-6-24(7-5-22)34(44)42-16-14-35(37,38)15-17-42)18-26-19-29(45-33(26)30)21-40-32(43)13-12-28-2-1-3-31(39)41-28/h1-13,18-20H,14-17,21H2,(H2,39,41)(H,40,43).